The van der Waals surface area contributed by atoms with E-state index in [0.29, 0.717) is 5.56 Å². The van der Waals surface area contributed by atoms with Gasteiger partial charge in [-0.2, -0.15) is 0 Å². The molecule has 0 aliphatic rings. The quantitative estimate of drug-likeness (QED) is 0.663. The molecule has 0 aliphatic heterocycles. The van der Waals surface area contributed by atoms with Crippen molar-refractivity contribution < 1.29 is 14.7 Å². The normalized spacial score (nSPS) is 9.38. The number of hydrogen-bond acceptors (Lipinski definition) is 2. The molecule has 4 heteroatoms. The summed E-state index contributed by atoms with van der Waals surface area (Å²) in [4.78, 5) is 21.5. The standard InChI is InChI=1S/C19H15NO.C3H4O2/c21-19(16-11-5-2-6-12-16)20-18-14-8-7-13-17(18)15-9-3-1-4-10-15;1-2-3(4)5/h1-14H,(H,20,21);2H,1H2,(H,4,5). The summed E-state index contributed by atoms with van der Waals surface area (Å²) < 4.78 is 0. The minimum absolute atomic E-state index is 0.0982. The first kappa shape index (κ1) is 18.7. The van der Waals surface area contributed by atoms with Crippen molar-refractivity contribution >= 4 is 17.6 Å². The summed E-state index contributed by atoms with van der Waals surface area (Å²) in [6, 6.07) is 27.1. The van der Waals surface area contributed by atoms with Crippen LogP contribution in [0.15, 0.2) is 97.6 Å². The lowest BCUT2D eigenvalue weighted by atomic mass is 10.0. The van der Waals surface area contributed by atoms with Gasteiger partial charge in [0, 0.05) is 22.9 Å². The van der Waals surface area contributed by atoms with Crippen LogP contribution in [0.1, 0.15) is 10.4 Å². The number of carbonyl (C=O) groups excluding carboxylic acids is 1. The number of carboxylic acids is 1. The fourth-order valence-corrected chi connectivity index (χ4v) is 2.25. The van der Waals surface area contributed by atoms with Gasteiger partial charge in [-0.15, -0.1) is 0 Å². The number of aliphatic carboxylic acids is 1. The first-order valence-corrected chi connectivity index (χ1v) is 7.98. The summed E-state index contributed by atoms with van der Waals surface area (Å²) >= 11 is 0. The molecule has 0 atom stereocenters. The third-order valence-corrected chi connectivity index (χ3v) is 3.47. The summed E-state index contributed by atoms with van der Waals surface area (Å²) in [6.07, 6.45) is 0.833. The second-order valence-corrected chi connectivity index (χ2v) is 5.27. The number of para-hydroxylation sites is 1. The lowest BCUT2D eigenvalue weighted by molar-refractivity contribution is -0.131. The zero-order valence-electron chi connectivity index (χ0n) is 14.1. The molecule has 2 N–H and O–H groups in total. The molecule has 0 aromatic heterocycles. The minimum atomic E-state index is -0.981. The number of anilines is 1. The van der Waals surface area contributed by atoms with E-state index in [1.54, 1.807) is 12.1 Å². The van der Waals surface area contributed by atoms with Crippen LogP contribution >= 0.6 is 0 Å². The average molecular weight is 345 g/mol. The highest BCUT2D eigenvalue weighted by Crippen LogP contribution is 2.27. The Morgan fingerprint density at radius 1 is 0.808 bits per heavy atom. The number of carboxylic acid groups (broad SMARTS) is 1. The SMILES string of the molecule is C=CC(=O)O.O=C(Nc1ccccc1-c1ccccc1)c1ccccc1. The molecule has 130 valence electrons. The zero-order chi connectivity index (χ0) is 18.8. The van der Waals surface area contributed by atoms with Crippen molar-refractivity contribution in [1.82, 2.24) is 0 Å². The molecule has 0 saturated carbocycles. The Morgan fingerprint density at radius 2 is 1.31 bits per heavy atom. The fourth-order valence-electron chi connectivity index (χ4n) is 2.25. The monoisotopic (exact) mass is 345 g/mol. The number of rotatable bonds is 4. The van der Waals surface area contributed by atoms with Gasteiger partial charge in [0.15, 0.2) is 0 Å². The van der Waals surface area contributed by atoms with Crippen molar-refractivity contribution in [1.29, 1.82) is 0 Å². The van der Waals surface area contributed by atoms with Gasteiger partial charge in [-0.3, -0.25) is 4.79 Å². The maximum Gasteiger partial charge on any atom is 0.327 e. The van der Waals surface area contributed by atoms with Crippen molar-refractivity contribution in [3.63, 3.8) is 0 Å². The van der Waals surface area contributed by atoms with E-state index >= 15 is 0 Å². The highest BCUT2D eigenvalue weighted by atomic mass is 16.4. The number of nitrogens with one attached hydrogen (secondary N) is 1. The Bertz CT molecular complexity index is 874. The third-order valence-electron chi connectivity index (χ3n) is 3.47. The lowest BCUT2D eigenvalue weighted by Crippen LogP contribution is -2.12. The van der Waals surface area contributed by atoms with E-state index in [4.69, 9.17) is 5.11 Å². The van der Waals surface area contributed by atoms with E-state index in [2.05, 4.69) is 11.9 Å². The Morgan fingerprint density at radius 3 is 1.88 bits per heavy atom. The largest absolute Gasteiger partial charge is 0.478 e. The van der Waals surface area contributed by atoms with E-state index in [1.807, 2.05) is 72.8 Å². The maximum absolute atomic E-state index is 12.3. The topological polar surface area (TPSA) is 66.4 Å². The van der Waals surface area contributed by atoms with Crippen LogP contribution in [0.3, 0.4) is 0 Å². The summed E-state index contributed by atoms with van der Waals surface area (Å²) in [7, 11) is 0. The molecule has 0 heterocycles. The third kappa shape index (κ3) is 5.46. The van der Waals surface area contributed by atoms with Crippen molar-refractivity contribution in [3.05, 3.63) is 103 Å². The summed E-state index contributed by atoms with van der Waals surface area (Å²) in [5.74, 6) is -1.08. The van der Waals surface area contributed by atoms with Crippen molar-refractivity contribution in [3.8, 4) is 11.1 Å². The average Bonchev–Trinajstić information content (AvgIpc) is 2.70. The summed E-state index contributed by atoms with van der Waals surface area (Å²) in [5, 5.41) is 10.6. The van der Waals surface area contributed by atoms with E-state index in [9.17, 15) is 9.59 Å². The molecule has 0 saturated heterocycles. The van der Waals surface area contributed by atoms with Crippen molar-refractivity contribution in [2.45, 2.75) is 0 Å². The molecule has 3 aromatic carbocycles. The molecule has 0 spiro atoms. The Labute approximate surface area is 152 Å². The first-order chi connectivity index (χ1) is 12.6. The van der Waals surface area contributed by atoms with Gasteiger partial charge in [0.1, 0.15) is 0 Å². The van der Waals surface area contributed by atoms with Crippen LogP contribution in [0.25, 0.3) is 11.1 Å². The van der Waals surface area contributed by atoms with Crippen molar-refractivity contribution in [2.75, 3.05) is 5.32 Å². The molecule has 0 bridgehead atoms. The Kier molecular flexibility index (Phi) is 6.89. The van der Waals surface area contributed by atoms with Crippen LogP contribution in [0.5, 0.6) is 0 Å². The minimum Gasteiger partial charge on any atom is -0.478 e. The van der Waals surface area contributed by atoms with Crippen LogP contribution in [0.2, 0.25) is 0 Å². The van der Waals surface area contributed by atoms with E-state index in [-0.39, 0.29) is 5.91 Å². The molecule has 1 amide bonds. The Balaban J connectivity index is 0.000000431. The van der Waals surface area contributed by atoms with Crippen LogP contribution in [-0.2, 0) is 4.79 Å². The van der Waals surface area contributed by atoms with Gasteiger partial charge >= 0.3 is 5.97 Å². The molecule has 3 aromatic rings. The smallest absolute Gasteiger partial charge is 0.327 e. The molecule has 0 unspecified atom stereocenters. The van der Waals surface area contributed by atoms with Gasteiger partial charge in [0.25, 0.3) is 5.91 Å². The number of amides is 1. The van der Waals surface area contributed by atoms with E-state index in [1.165, 1.54) is 0 Å². The van der Waals surface area contributed by atoms with Crippen LogP contribution < -0.4 is 5.32 Å². The highest BCUT2D eigenvalue weighted by molar-refractivity contribution is 6.06. The van der Waals surface area contributed by atoms with Gasteiger partial charge in [-0.1, -0.05) is 73.3 Å². The van der Waals surface area contributed by atoms with Crippen molar-refractivity contribution in [2.24, 2.45) is 0 Å². The predicted octanol–water partition coefficient (Wildman–Crippen LogP) is 4.86. The second-order valence-electron chi connectivity index (χ2n) is 5.27. The lowest BCUT2D eigenvalue weighted by Gasteiger charge is -2.11. The molecular weight excluding hydrogens is 326 g/mol. The molecule has 0 radical (unpaired) electrons. The first-order valence-electron chi connectivity index (χ1n) is 7.98. The zero-order valence-corrected chi connectivity index (χ0v) is 14.1. The van der Waals surface area contributed by atoms with Crippen LogP contribution in [0, 0.1) is 0 Å². The van der Waals surface area contributed by atoms with E-state index in [0.717, 1.165) is 22.9 Å². The van der Waals surface area contributed by atoms with Gasteiger partial charge < -0.3 is 10.4 Å². The predicted molar refractivity (Wildman–Crippen MR) is 104 cm³/mol. The Hall–Kier alpha value is -3.66. The summed E-state index contributed by atoms with van der Waals surface area (Å²) in [5.41, 5.74) is 3.57. The molecule has 3 rings (SSSR count). The van der Waals surface area contributed by atoms with Crippen LogP contribution in [-0.4, -0.2) is 17.0 Å². The molecule has 26 heavy (non-hydrogen) atoms. The molecular formula is C22H19NO3. The van der Waals surface area contributed by atoms with Crippen LogP contribution in [0.4, 0.5) is 5.69 Å². The summed E-state index contributed by atoms with van der Waals surface area (Å²) in [6.45, 7) is 2.96. The molecule has 0 aliphatic carbocycles. The molecule has 0 fully saturated rings. The van der Waals surface area contributed by atoms with Gasteiger partial charge in [-0.25, -0.2) is 4.79 Å². The highest BCUT2D eigenvalue weighted by Gasteiger charge is 2.09. The number of benzene rings is 3. The van der Waals surface area contributed by atoms with Gasteiger partial charge in [0.2, 0.25) is 0 Å². The second kappa shape index (κ2) is 9.59. The van der Waals surface area contributed by atoms with Gasteiger partial charge in [-0.05, 0) is 23.8 Å². The van der Waals surface area contributed by atoms with Gasteiger partial charge in [0.05, 0.1) is 0 Å². The van der Waals surface area contributed by atoms with E-state index < -0.39 is 5.97 Å². The number of carbonyl (C=O) groups is 2. The molecule has 4 nitrogen and oxygen atoms in total. The maximum atomic E-state index is 12.3. The fraction of sp³-hybridized carbons (Fsp3) is 0. The number of hydrogen-bond donors (Lipinski definition) is 2.